The molecule has 1 saturated heterocycles. The van der Waals surface area contributed by atoms with Gasteiger partial charge in [0, 0.05) is 18.1 Å². The molecule has 0 unspecified atom stereocenters. The summed E-state index contributed by atoms with van der Waals surface area (Å²) in [4.78, 5) is 14.4. The Morgan fingerprint density at radius 2 is 1.93 bits per heavy atom. The minimum Gasteiger partial charge on any atom is -0.432 e. The predicted octanol–water partition coefficient (Wildman–Crippen LogP) is 4.80. The van der Waals surface area contributed by atoms with Crippen molar-refractivity contribution in [1.29, 1.82) is 0 Å². The lowest BCUT2D eigenvalue weighted by molar-refractivity contribution is -0.116. The maximum atomic E-state index is 12.4. The first kappa shape index (κ1) is 20.8. The Balaban J connectivity index is 1.58. The van der Waals surface area contributed by atoms with E-state index in [0.717, 1.165) is 26.1 Å². The van der Waals surface area contributed by atoms with Gasteiger partial charge in [0.25, 0.3) is 0 Å². The van der Waals surface area contributed by atoms with E-state index in [-0.39, 0.29) is 21.7 Å². The van der Waals surface area contributed by atoms with Crippen LogP contribution in [0.5, 0.6) is 5.75 Å². The van der Waals surface area contributed by atoms with E-state index in [9.17, 15) is 13.6 Å². The molecule has 3 rings (SSSR count). The maximum absolute atomic E-state index is 12.4. The van der Waals surface area contributed by atoms with Crippen LogP contribution in [0.15, 0.2) is 18.2 Å². The number of hydrogen-bond donors (Lipinski definition) is 2. The molecule has 152 valence electrons. The quantitative estimate of drug-likeness (QED) is 0.628. The molecule has 0 aliphatic carbocycles. The highest BCUT2D eigenvalue weighted by molar-refractivity contribution is 6.37. The van der Waals surface area contributed by atoms with Crippen molar-refractivity contribution in [3.63, 3.8) is 0 Å². The molecule has 6 nitrogen and oxygen atoms in total. The molecule has 1 amide bonds. The van der Waals surface area contributed by atoms with Gasteiger partial charge in [-0.15, -0.1) is 0 Å². The summed E-state index contributed by atoms with van der Waals surface area (Å²) in [5.74, 6) is 0.0385. The molecule has 0 saturated carbocycles. The second kappa shape index (κ2) is 9.54. The molecule has 1 aliphatic rings. The van der Waals surface area contributed by atoms with Crippen molar-refractivity contribution in [2.24, 2.45) is 0 Å². The zero-order valence-corrected chi connectivity index (χ0v) is 16.5. The van der Waals surface area contributed by atoms with Gasteiger partial charge in [0.1, 0.15) is 5.82 Å². The van der Waals surface area contributed by atoms with Gasteiger partial charge in [0.05, 0.1) is 15.7 Å². The second-order valence-electron chi connectivity index (χ2n) is 6.51. The Labute approximate surface area is 171 Å². The molecule has 0 spiro atoms. The third kappa shape index (κ3) is 5.56. The molecule has 1 aliphatic heterocycles. The number of likely N-dealkylation sites (tertiary alicyclic amines) is 1. The van der Waals surface area contributed by atoms with Crippen molar-refractivity contribution in [2.75, 3.05) is 25.0 Å². The summed E-state index contributed by atoms with van der Waals surface area (Å²) in [5.41, 5.74) is 0.960. The van der Waals surface area contributed by atoms with E-state index >= 15 is 0 Å². The van der Waals surface area contributed by atoms with Crippen LogP contribution in [0.1, 0.15) is 25.7 Å². The van der Waals surface area contributed by atoms with Gasteiger partial charge in [-0.1, -0.05) is 23.2 Å². The summed E-state index contributed by atoms with van der Waals surface area (Å²) in [5, 5.41) is 9.47. The summed E-state index contributed by atoms with van der Waals surface area (Å²) >= 11 is 12.0. The van der Waals surface area contributed by atoms with Crippen molar-refractivity contribution in [3.8, 4) is 17.0 Å². The van der Waals surface area contributed by atoms with Gasteiger partial charge in [0.2, 0.25) is 5.91 Å². The highest BCUT2D eigenvalue weighted by Gasteiger charge is 2.17. The summed E-state index contributed by atoms with van der Waals surface area (Å²) in [6, 6.07) is 4.46. The Morgan fingerprint density at radius 3 is 2.57 bits per heavy atom. The van der Waals surface area contributed by atoms with Crippen LogP contribution in [-0.4, -0.2) is 47.3 Å². The third-order valence-electron chi connectivity index (χ3n) is 4.43. The Hall–Kier alpha value is -1.90. The fourth-order valence-electron chi connectivity index (χ4n) is 3.13. The normalized spacial score (nSPS) is 14.6. The number of benzene rings is 1. The summed E-state index contributed by atoms with van der Waals surface area (Å²) < 4.78 is 29.1. The molecule has 2 aromatic rings. The van der Waals surface area contributed by atoms with Crippen LogP contribution in [0.3, 0.4) is 0 Å². The molecule has 2 N–H and O–H groups in total. The van der Waals surface area contributed by atoms with E-state index in [0.29, 0.717) is 23.5 Å². The van der Waals surface area contributed by atoms with Crippen LogP contribution in [0.25, 0.3) is 11.3 Å². The van der Waals surface area contributed by atoms with Crippen LogP contribution >= 0.6 is 23.2 Å². The minimum atomic E-state index is -3.03. The molecule has 10 heteroatoms. The van der Waals surface area contributed by atoms with E-state index in [1.54, 1.807) is 6.07 Å². The first-order chi connectivity index (χ1) is 13.4. The van der Waals surface area contributed by atoms with Crippen LogP contribution in [0, 0.1) is 0 Å². The topological polar surface area (TPSA) is 70.2 Å². The number of aromatic amines is 1. The van der Waals surface area contributed by atoms with Gasteiger partial charge in [0.15, 0.2) is 5.75 Å². The number of aromatic nitrogens is 2. The van der Waals surface area contributed by atoms with Crippen molar-refractivity contribution in [2.45, 2.75) is 32.3 Å². The molecule has 2 heterocycles. The number of nitrogens with zero attached hydrogens (tertiary/aromatic N) is 2. The number of anilines is 1. The van der Waals surface area contributed by atoms with Gasteiger partial charge in [-0.25, -0.2) is 0 Å². The number of rotatable bonds is 8. The fourth-order valence-corrected chi connectivity index (χ4v) is 3.70. The van der Waals surface area contributed by atoms with Crippen LogP contribution in [0.2, 0.25) is 10.0 Å². The van der Waals surface area contributed by atoms with E-state index in [1.165, 1.54) is 25.0 Å². The monoisotopic (exact) mass is 432 g/mol. The lowest BCUT2D eigenvalue weighted by Gasteiger charge is -2.13. The standard InChI is InChI=1S/C18H20Cl2F2N4O2/c19-12-8-11(9-13(20)17(12)28-18(21)22)14-10-15(25-24-14)23-16(27)4-3-7-26-5-1-2-6-26/h8-10,18H,1-7H2,(H2,23,24,25,27). The number of carbonyl (C=O) groups is 1. The van der Waals surface area contributed by atoms with Gasteiger partial charge in [-0.3, -0.25) is 9.89 Å². The summed E-state index contributed by atoms with van der Waals surface area (Å²) in [7, 11) is 0. The number of hydrogen-bond acceptors (Lipinski definition) is 4. The number of carbonyl (C=O) groups excluding carboxylic acids is 1. The zero-order chi connectivity index (χ0) is 20.1. The molecule has 28 heavy (non-hydrogen) atoms. The number of alkyl halides is 2. The van der Waals surface area contributed by atoms with Crippen LogP contribution in [0.4, 0.5) is 14.6 Å². The first-order valence-corrected chi connectivity index (χ1v) is 9.70. The van der Waals surface area contributed by atoms with E-state index in [4.69, 9.17) is 23.2 Å². The smallest absolute Gasteiger partial charge is 0.387 e. The number of H-pyrrole nitrogens is 1. The van der Waals surface area contributed by atoms with Gasteiger partial charge < -0.3 is 15.0 Å². The molecule has 0 atom stereocenters. The Kier molecular flexibility index (Phi) is 7.09. The van der Waals surface area contributed by atoms with Crippen molar-refractivity contribution in [3.05, 3.63) is 28.2 Å². The maximum Gasteiger partial charge on any atom is 0.387 e. The fraction of sp³-hybridized carbons (Fsp3) is 0.444. The van der Waals surface area contributed by atoms with Gasteiger partial charge in [-0.2, -0.15) is 13.9 Å². The largest absolute Gasteiger partial charge is 0.432 e. The highest BCUT2D eigenvalue weighted by atomic mass is 35.5. The third-order valence-corrected chi connectivity index (χ3v) is 4.99. The lowest BCUT2D eigenvalue weighted by atomic mass is 10.1. The molecular weight excluding hydrogens is 413 g/mol. The van der Waals surface area contributed by atoms with E-state index < -0.39 is 6.61 Å². The van der Waals surface area contributed by atoms with Crippen molar-refractivity contribution < 1.29 is 18.3 Å². The van der Waals surface area contributed by atoms with Gasteiger partial charge >= 0.3 is 6.61 Å². The first-order valence-electron chi connectivity index (χ1n) is 8.94. The lowest BCUT2D eigenvalue weighted by Crippen LogP contribution is -2.22. The molecule has 1 aromatic heterocycles. The molecule has 0 radical (unpaired) electrons. The molecule has 1 aromatic carbocycles. The molecule has 0 bridgehead atoms. The summed E-state index contributed by atoms with van der Waals surface area (Å²) in [6.45, 7) is 0.111. The number of ether oxygens (including phenoxy) is 1. The average Bonchev–Trinajstić information content (AvgIpc) is 3.30. The Morgan fingerprint density at radius 1 is 1.25 bits per heavy atom. The number of halogens is 4. The van der Waals surface area contributed by atoms with Gasteiger partial charge in [-0.05, 0) is 51.0 Å². The van der Waals surface area contributed by atoms with E-state index in [2.05, 4.69) is 25.2 Å². The minimum absolute atomic E-state index is 0.0571. The SMILES string of the molecule is O=C(CCCN1CCCC1)Nc1cc(-c2cc(Cl)c(OC(F)F)c(Cl)c2)n[nH]1. The van der Waals surface area contributed by atoms with Crippen LogP contribution < -0.4 is 10.1 Å². The van der Waals surface area contributed by atoms with E-state index in [1.807, 2.05) is 0 Å². The highest BCUT2D eigenvalue weighted by Crippen LogP contribution is 2.38. The predicted molar refractivity (Wildman–Crippen MR) is 104 cm³/mol. The second-order valence-corrected chi connectivity index (χ2v) is 7.33. The Bertz CT molecular complexity index is 803. The number of amides is 1. The molecular formula is C18H20Cl2F2N4O2. The van der Waals surface area contributed by atoms with Crippen molar-refractivity contribution in [1.82, 2.24) is 15.1 Å². The average molecular weight is 433 g/mol. The molecule has 1 fully saturated rings. The zero-order valence-electron chi connectivity index (χ0n) is 15.0. The van der Waals surface area contributed by atoms with Crippen molar-refractivity contribution >= 4 is 34.9 Å². The number of nitrogens with one attached hydrogen (secondary N) is 2. The van der Waals surface area contributed by atoms with Crippen LogP contribution in [-0.2, 0) is 4.79 Å². The summed E-state index contributed by atoms with van der Waals surface area (Å²) in [6.07, 6.45) is 3.67.